The Morgan fingerprint density at radius 3 is 2.22 bits per heavy atom. The second-order valence-corrected chi connectivity index (χ2v) is 8.43. The number of amides is 3. The predicted octanol–water partition coefficient (Wildman–Crippen LogP) is -1.17. The molecule has 184 valence electrons. The Hall–Kier alpha value is -2.24. The van der Waals surface area contributed by atoms with Gasteiger partial charge >= 0.3 is 5.97 Å². The number of carboxylic acid groups (broad SMARTS) is 1. The lowest BCUT2D eigenvalue weighted by Crippen LogP contribution is -2.59. The van der Waals surface area contributed by atoms with Gasteiger partial charge in [0.05, 0.1) is 12.1 Å². The molecule has 0 aromatic rings. The van der Waals surface area contributed by atoms with Crippen LogP contribution in [0.25, 0.3) is 0 Å². The molecule has 3 amide bonds. The fraction of sp³-hybridized carbons (Fsp3) is 0.810. The van der Waals surface area contributed by atoms with Crippen molar-refractivity contribution >= 4 is 23.7 Å². The lowest BCUT2D eigenvalue weighted by molar-refractivity contribution is -0.145. The molecule has 0 aromatic carbocycles. The van der Waals surface area contributed by atoms with E-state index in [0.717, 1.165) is 13.0 Å². The summed E-state index contributed by atoms with van der Waals surface area (Å²) in [5.74, 6) is -3.17. The van der Waals surface area contributed by atoms with E-state index in [-0.39, 0.29) is 17.9 Å². The molecule has 1 fully saturated rings. The van der Waals surface area contributed by atoms with Crippen LogP contribution in [0.1, 0.15) is 59.3 Å². The summed E-state index contributed by atoms with van der Waals surface area (Å²) in [7, 11) is 0. The highest BCUT2D eigenvalue weighted by atomic mass is 16.4. The highest BCUT2D eigenvalue weighted by Crippen LogP contribution is 2.12. The number of unbranched alkanes of at least 4 members (excludes halogenated alkanes) is 1. The number of nitrogens with one attached hydrogen (secondary N) is 4. The van der Waals surface area contributed by atoms with Crippen LogP contribution < -0.4 is 27.0 Å². The first-order valence-corrected chi connectivity index (χ1v) is 11.4. The highest BCUT2D eigenvalue weighted by Gasteiger charge is 2.34. The molecule has 11 heteroatoms. The molecule has 1 heterocycles. The van der Waals surface area contributed by atoms with E-state index in [1.807, 2.05) is 6.92 Å². The average Bonchev–Trinajstić information content (AvgIpc) is 3.28. The lowest BCUT2D eigenvalue weighted by Gasteiger charge is -2.28. The van der Waals surface area contributed by atoms with Crippen molar-refractivity contribution < 1.29 is 29.4 Å². The van der Waals surface area contributed by atoms with Gasteiger partial charge in [-0.05, 0) is 58.0 Å². The van der Waals surface area contributed by atoms with Gasteiger partial charge in [-0.1, -0.05) is 20.3 Å². The normalized spacial score (nSPS) is 20.5. The summed E-state index contributed by atoms with van der Waals surface area (Å²) < 4.78 is 0. The van der Waals surface area contributed by atoms with Gasteiger partial charge < -0.3 is 37.2 Å². The Labute approximate surface area is 189 Å². The minimum absolute atomic E-state index is 0.264. The monoisotopic (exact) mass is 457 g/mol. The van der Waals surface area contributed by atoms with E-state index in [1.54, 1.807) is 6.92 Å². The highest BCUT2D eigenvalue weighted by molar-refractivity contribution is 5.94. The van der Waals surface area contributed by atoms with Crippen LogP contribution in [-0.2, 0) is 19.2 Å². The lowest BCUT2D eigenvalue weighted by atomic mass is 9.96. The number of aliphatic hydroxyl groups is 1. The van der Waals surface area contributed by atoms with Crippen LogP contribution in [0.2, 0.25) is 0 Å². The Morgan fingerprint density at radius 2 is 1.72 bits per heavy atom. The molecule has 1 aliphatic heterocycles. The molecule has 0 aromatic heterocycles. The SMILES string of the molecule is CCC(C)C(NC(=O)C(CCCCN)NC(=O)C1CCCN1)C(=O)NC(C(=O)O)C(C)O. The van der Waals surface area contributed by atoms with Crippen molar-refractivity contribution in [1.29, 1.82) is 0 Å². The summed E-state index contributed by atoms with van der Waals surface area (Å²) in [5, 5.41) is 29.7. The first kappa shape index (κ1) is 27.8. The summed E-state index contributed by atoms with van der Waals surface area (Å²) in [4.78, 5) is 49.7. The largest absolute Gasteiger partial charge is 0.480 e. The molecule has 6 atom stereocenters. The number of rotatable bonds is 14. The van der Waals surface area contributed by atoms with Gasteiger partial charge in [-0.2, -0.15) is 0 Å². The summed E-state index contributed by atoms with van der Waals surface area (Å²) in [6.07, 6.45) is 2.47. The molecular formula is C21H39N5O6. The number of hydrogen-bond donors (Lipinski definition) is 7. The number of aliphatic carboxylic acids is 1. The molecule has 0 spiro atoms. The zero-order valence-electron chi connectivity index (χ0n) is 19.2. The van der Waals surface area contributed by atoms with Crippen molar-refractivity contribution in [2.75, 3.05) is 13.1 Å². The first-order chi connectivity index (χ1) is 15.1. The fourth-order valence-electron chi connectivity index (χ4n) is 3.53. The van der Waals surface area contributed by atoms with Crippen molar-refractivity contribution in [2.24, 2.45) is 11.7 Å². The number of carboxylic acids is 1. The third-order valence-electron chi connectivity index (χ3n) is 5.80. The van der Waals surface area contributed by atoms with Crippen LogP contribution in [0.4, 0.5) is 0 Å². The van der Waals surface area contributed by atoms with Gasteiger partial charge in [0.2, 0.25) is 17.7 Å². The van der Waals surface area contributed by atoms with E-state index < -0.39 is 42.0 Å². The Bertz CT molecular complexity index is 638. The number of nitrogens with two attached hydrogens (primary N) is 1. The van der Waals surface area contributed by atoms with Crippen LogP contribution in [0.15, 0.2) is 0 Å². The molecule has 6 unspecified atom stereocenters. The molecule has 11 nitrogen and oxygen atoms in total. The number of carbonyl (C=O) groups excluding carboxylic acids is 3. The zero-order chi connectivity index (χ0) is 24.3. The molecule has 0 radical (unpaired) electrons. The Morgan fingerprint density at radius 1 is 1.06 bits per heavy atom. The van der Waals surface area contributed by atoms with Crippen LogP contribution in [0.3, 0.4) is 0 Å². The van der Waals surface area contributed by atoms with E-state index in [9.17, 15) is 29.4 Å². The quantitative estimate of drug-likeness (QED) is 0.159. The van der Waals surface area contributed by atoms with Crippen molar-refractivity contribution in [3.63, 3.8) is 0 Å². The molecule has 1 aliphatic rings. The third kappa shape index (κ3) is 8.71. The molecule has 8 N–H and O–H groups in total. The van der Waals surface area contributed by atoms with Gasteiger partial charge in [-0.25, -0.2) is 4.79 Å². The predicted molar refractivity (Wildman–Crippen MR) is 118 cm³/mol. The number of aliphatic hydroxyl groups excluding tert-OH is 1. The van der Waals surface area contributed by atoms with E-state index in [1.165, 1.54) is 6.92 Å². The van der Waals surface area contributed by atoms with Crippen molar-refractivity contribution in [3.8, 4) is 0 Å². The molecule has 0 saturated carbocycles. The molecule has 1 rings (SSSR count). The van der Waals surface area contributed by atoms with Crippen LogP contribution >= 0.6 is 0 Å². The summed E-state index contributed by atoms with van der Waals surface area (Å²) in [5.41, 5.74) is 5.55. The van der Waals surface area contributed by atoms with Gasteiger partial charge in [0.25, 0.3) is 0 Å². The second-order valence-electron chi connectivity index (χ2n) is 8.43. The fourth-order valence-corrected chi connectivity index (χ4v) is 3.53. The van der Waals surface area contributed by atoms with Crippen LogP contribution in [0, 0.1) is 5.92 Å². The van der Waals surface area contributed by atoms with Gasteiger partial charge in [0.15, 0.2) is 6.04 Å². The number of hydrogen-bond acceptors (Lipinski definition) is 7. The van der Waals surface area contributed by atoms with Crippen LogP contribution in [0.5, 0.6) is 0 Å². The average molecular weight is 458 g/mol. The van der Waals surface area contributed by atoms with E-state index in [0.29, 0.717) is 38.6 Å². The second kappa shape index (κ2) is 14.0. The van der Waals surface area contributed by atoms with Gasteiger partial charge in [-0.3, -0.25) is 14.4 Å². The smallest absolute Gasteiger partial charge is 0.328 e. The standard InChI is InChI=1S/C21H39N5O6/c1-4-12(2)16(20(30)26-17(13(3)27)21(31)32)25-19(29)15(8-5-6-10-22)24-18(28)14-9-7-11-23-14/h12-17,23,27H,4-11,22H2,1-3H3,(H,24,28)(H,25,29)(H,26,30)(H,31,32). The molecule has 32 heavy (non-hydrogen) atoms. The Kier molecular flexibility index (Phi) is 12.2. The first-order valence-electron chi connectivity index (χ1n) is 11.4. The molecule has 0 bridgehead atoms. The maximum Gasteiger partial charge on any atom is 0.328 e. The van der Waals surface area contributed by atoms with E-state index in [4.69, 9.17) is 5.73 Å². The van der Waals surface area contributed by atoms with Crippen molar-refractivity contribution in [3.05, 3.63) is 0 Å². The summed E-state index contributed by atoms with van der Waals surface area (Å²) in [6.45, 7) is 6.06. The molecule has 0 aliphatic carbocycles. The molecular weight excluding hydrogens is 418 g/mol. The van der Waals surface area contributed by atoms with Gasteiger partial charge in [0, 0.05) is 0 Å². The van der Waals surface area contributed by atoms with Crippen molar-refractivity contribution in [1.82, 2.24) is 21.3 Å². The number of carbonyl (C=O) groups is 4. The summed E-state index contributed by atoms with van der Waals surface area (Å²) >= 11 is 0. The van der Waals surface area contributed by atoms with Gasteiger partial charge in [-0.15, -0.1) is 0 Å². The zero-order valence-corrected chi connectivity index (χ0v) is 19.2. The molecule has 1 saturated heterocycles. The maximum absolute atomic E-state index is 13.1. The third-order valence-corrected chi connectivity index (χ3v) is 5.80. The van der Waals surface area contributed by atoms with E-state index >= 15 is 0 Å². The summed E-state index contributed by atoms with van der Waals surface area (Å²) in [6, 6.07) is -3.72. The Balaban J connectivity index is 2.93. The topological polar surface area (TPSA) is 183 Å². The minimum atomic E-state index is -1.50. The van der Waals surface area contributed by atoms with Gasteiger partial charge in [0.1, 0.15) is 12.1 Å². The van der Waals surface area contributed by atoms with Crippen molar-refractivity contribution in [2.45, 2.75) is 89.6 Å². The minimum Gasteiger partial charge on any atom is -0.480 e. The van der Waals surface area contributed by atoms with Crippen LogP contribution in [-0.4, -0.2) is 77.3 Å². The maximum atomic E-state index is 13.1. The van der Waals surface area contributed by atoms with E-state index in [2.05, 4.69) is 21.3 Å².